The molecule has 8 heteroatoms. The third-order valence-electron chi connectivity index (χ3n) is 2.98. The molecule has 2 aromatic rings. The Morgan fingerprint density at radius 3 is 2.56 bits per heavy atom. The van der Waals surface area contributed by atoms with Gasteiger partial charge in [0, 0.05) is 6.20 Å². The van der Waals surface area contributed by atoms with Crippen LogP contribution in [0.25, 0.3) is 0 Å². The number of halogens is 2. The summed E-state index contributed by atoms with van der Waals surface area (Å²) < 4.78 is 5.61. The lowest BCUT2D eigenvalue weighted by Gasteiger charge is -2.12. The van der Waals surface area contributed by atoms with Crippen molar-refractivity contribution < 1.29 is 14.6 Å². The van der Waals surface area contributed by atoms with Crippen LogP contribution < -0.4 is 10.2 Å². The maximum absolute atomic E-state index is 10.8. The number of carboxylic acids is 1. The lowest BCUT2D eigenvalue weighted by molar-refractivity contribution is 0.0696. The van der Waals surface area contributed by atoms with Crippen LogP contribution in [0.3, 0.4) is 0 Å². The van der Waals surface area contributed by atoms with Crippen molar-refractivity contribution in [2.75, 3.05) is 12.0 Å². The number of carboxylic acid groups (broad SMARTS) is 1. The number of benzene rings is 1. The number of aromatic carboxylic acids is 1. The summed E-state index contributed by atoms with van der Waals surface area (Å²) in [6, 6.07) is 6.33. The van der Waals surface area contributed by atoms with E-state index in [9.17, 15) is 4.79 Å². The van der Waals surface area contributed by atoms with Crippen molar-refractivity contribution in [1.82, 2.24) is 4.98 Å². The first-order valence-electron chi connectivity index (χ1n) is 7.47. The van der Waals surface area contributed by atoms with E-state index in [1.807, 2.05) is 13.8 Å². The third-order valence-corrected chi connectivity index (χ3v) is 3.55. The molecular weight excluding hydrogens is 365 g/mol. The third kappa shape index (κ3) is 5.62. The lowest BCUT2D eigenvalue weighted by Crippen LogP contribution is -2.05. The lowest BCUT2D eigenvalue weighted by atomic mass is 10.2. The average molecular weight is 382 g/mol. The first kappa shape index (κ1) is 19.0. The maximum Gasteiger partial charge on any atom is 0.337 e. The minimum absolute atomic E-state index is 0.102. The van der Waals surface area contributed by atoms with Gasteiger partial charge in [-0.25, -0.2) is 9.78 Å². The number of pyridine rings is 1. The molecule has 0 saturated carbocycles. The summed E-state index contributed by atoms with van der Waals surface area (Å²) in [6.07, 6.45) is 2.77. The van der Waals surface area contributed by atoms with Crippen molar-refractivity contribution in [3.05, 3.63) is 51.6 Å². The molecule has 1 aromatic heterocycles. The molecule has 0 amide bonds. The number of ether oxygens (including phenoxy) is 1. The predicted molar refractivity (Wildman–Crippen MR) is 99.2 cm³/mol. The van der Waals surface area contributed by atoms with Crippen molar-refractivity contribution in [2.24, 2.45) is 11.0 Å². The number of carbonyl (C=O) groups is 1. The van der Waals surface area contributed by atoms with Crippen molar-refractivity contribution >= 4 is 41.2 Å². The molecule has 0 fully saturated rings. The summed E-state index contributed by atoms with van der Waals surface area (Å²) in [7, 11) is 0. The first-order valence-corrected chi connectivity index (χ1v) is 8.22. The number of rotatable bonds is 7. The Kier molecular flexibility index (Phi) is 6.61. The fourth-order valence-electron chi connectivity index (χ4n) is 1.80. The van der Waals surface area contributed by atoms with Gasteiger partial charge in [-0.1, -0.05) is 37.0 Å². The van der Waals surface area contributed by atoms with Gasteiger partial charge in [0.15, 0.2) is 5.75 Å². The van der Waals surface area contributed by atoms with E-state index >= 15 is 0 Å². The fourth-order valence-corrected chi connectivity index (χ4v) is 2.41. The molecule has 2 rings (SSSR count). The van der Waals surface area contributed by atoms with E-state index in [1.54, 1.807) is 12.1 Å². The van der Waals surface area contributed by atoms with Crippen molar-refractivity contribution in [3.8, 4) is 5.75 Å². The Hall–Kier alpha value is -2.31. The van der Waals surface area contributed by atoms with Gasteiger partial charge >= 0.3 is 5.97 Å². The average Bonchev–Trinajstić information content (AvgIpc) is 2.54. The van der Waals surface area contributed by atoms with Crippen LogP contribution in [0.5, 0.6) is 5.75 Å². The van der Waals surface area contributed by atoms with Crippen LogP contribution in [0, 0.1) is 5.92 Å². The molecule has 132 valence electrons. The van der Waals surface area contributed by atoms with Crippen LogP contribution in [-0.4, -0.2) is 28.9 Å². The zero-order valence-corrected chi connectivity index (χ0v) is 15.2. The van der Waals surface area contributed by atoms with Crippen LogP contribution in [-0.2, 0) is 0 Å². The van der Waals surface area contributed by atoms with Crippen LogP contribution in [0.15, 0.2) is 35.6 Å². The van der Waals surface area contributed by atoms with E-state index < -0.39 is 5.97 Å². The number of nitrogens with one attached hydrogen (secondary N) is 1. The number of nitrogens with zero attached hydrogens (tertiary/aromatic N) is 2. The Labute approximate surface area is 155 Å². The SMILES string of the molecule is CC(C)COc1c(Cl)cc(/C=N/Nc2ccc(C(=O)O)cn2)cc1Cl. The van der Waals surface area contributed by atoms with Crippen LogP contribution in [0.2, 0.25) is 10.0 Å². The number of hydrogen-bond acceptors (Lipinski definition) is 5. The molecule has 1 aromatic carbocycles. The molecule has 0 unspecified atom stereocenters. The number of anilines is 1. The van der Waals surface area contributed by atoms with E-state index in [0.29, 0.717) is 39.7 Å². The highest BCUT2D eigenvalue weighted by atomic mass is 35.5. The van der Waals surface area contributed by atoms with Gasteiger partial charge in [0.1, 0.15) is 5.82 Å². The second-order valence-corrected chi connectivity index (χ2v) is 6.44. The van der Waals surface area contributed by atoms with Gasteiger partial charge in [0.25, 0.3) is 0 Å². The number of hydrogen-bond donors (Lipinski definition) is 2. The summed E-state index contributed by atoms with van der Waals surface area (Å²) in [6.45, 7) is 4.59. The molecule has 0 aliphatic heterocycles. The summed E-state index contributed by atoms with van der Waals surface area (Å²) in [5.74, 6) is 0.188. The predicted octanol–water partition coefficient (Wildman–Crippen LogP) is 4.57. The summed E-state index contributed by atoms with van der Waals surface area (Å²) in [5, 5.41) is 13.7. The zero-order chi connectivity index (χ0) is 18.4. The van der Waals surface area contributed by atoms with Crippen molar-refractivity contribution in [2.45, 2.75) is 13.8 Å². The minimum atomic E-state index is -1.04. The molecule has 0 atom stereocenters. The Morgan fingerprint density at radius 1 is 1.36 bits per heavy atom. The van der Waals surface area contributed by atoms with Crippen LogP contribution in [0.1, 0.15) is 29.8 Å². The van der Waals surface area contributed by atoms with Crippen molar-refractivity contribution in [3.63, 3.8) is 0 Å². The molecule has 0 saturated heterocycles. The quantitative estimate of drug-likeness (QED) is 0.542. The van der Waals surface area contributed by atoms with Gasteiger partial charge in [-0.3, -0.25) is 5.43 Å². The molecule has 0 radical (unpaired) electrons. The largest absolute Gasteiger partial charge is 0.490 e. The molecule has 0 aliphatic carbocycles. The fraction of sp³-hybridized carbons (Fsp3) is 0.235. The normalized spacial score (nSPS) is 11.1. The van der Waals surface area contributed by atoms with Gasteiger partial charge in [-0.15, -0.1) is 0 Å². The molecule has 0 aliphatic rings. The highest BCUT2D eigenvalue weighted by molar-refractivity contribution is 6.37. The van der Waals surface area contributed by atoms with E-state index in [4.69, 9.17) is 33.0 Å². The highest BCUT2D eigenvalue weighted by Gasteiger charge is 2.10. The zero-order valence-electron chi connectivity index (χ0n) is 13.7. The Bertz CT molecular complexity index is 754. The van der Waals surface area contributed by atoms with Gasteiger partial charge in [0.05, 0.1) is 28.4 Å². The molecular formula is C17H17Cl2N3O3. The second-order valence-electron chi connectivity index (χ2n) is 5.63. The van der Waals surface area contributed by atoms with E-state index in [2.05, 4.69) is 15.5 Å². The molecule has 2 N–H and O–H groups in total. The Morgan fingerprint density at radius 2 is 2.04 bits per heavy atom. The monoisotopic (exact) mass is 381 g/mol. The standard InChI is InChI=1S/C17H17Cl2N3O3/c1-10(2)9-25-16-13(18)5-11(6-14(16)19)7-21-22-15-4-3-12(8-20-15)17(23)24/h3-8,10H,9H2,1-2H3,(H,20,22)(H,23,24)/b21-7+. The van der Waals surface area contributed by atoms with Gasteiger partial charge in [-0.2, -0.15) is 5.10 Å². The topological polar surface area (TPSA) is 83.8 Å². The van der Waals surface area contributed by atoms with Crippen LogP contribution >= 0.6 is 23.2 Å². The van der Waals surface area contributed by atoms with Gasteiger partial charge in [0.2, 0.25) is 0 Å². The molecule has 1 heterocycles. The smallest absolute Gasteiger partial charge is 0.337 e. The van der Waals surface area contributed by atoms with Crippen LogP contribution in [0.4, 0.5) is 5.82 Å². The van der Waals surface area contributed by atoms with Gasteiger partial charge in [-0.05, 0) is 35.7 Å². The van der Waals surface area contributed by atoms with E-state index in [0.717, 1.165) is 0 Å². The van der Waals surface area contributed by atoms with Gasteiger partial charge < -0.3 is 9.84 Å². The first-order chi connectivity index (χ1) is 11.9. The maximum atomic E-state index is 10.8. The highest BCUT2D eigenvalue weighted by Crippen LogP contribution is 2.34. The van der Waals surface area contributed by atoms with Crippen molar-refractivity contribution in [1.29, 1.82) is 0 Å². The van der Waals surface area contributed by atoms with E-state index in [-0.39, 0.29) is 5.56 Å². The summed E-state index contributed by atoms with van der Waals surface area (Å²) >= 11 is 12.4. The second kappa shape index (κ2) is 8.69. The molecule has 0 spiro atoms. The summed E-state index contributed by atoms with van der Waals surface area (Å²) in [4.78, 5) is 14.7. The summed E-state index contributed by atoms with van der Waals surface area (Å²) in [5.41, 5.74) is 3.48. The molecule has 0 bridgehead atoms. The molecule has 25 heavy (non-hydrogen) atoms. The molecule has 6 nitrogen and oxygen atoms in total. The number of hydrazone groups is 1. The number of aromatic nitrogens is 1. The Balaban J connectivity index is 2.04. The van der Waals surface area contributed by atoms with E-state index in [1.165, 1.54) is 24.5 Å². The minimum Gasteiger partial charge on any atom is -0.490 e.